The molecule has 4 nitrogen and oxygen atoms in total. The summed E-state index contributed by atoms with van der Waals surface area (Å²) >= 11 is 0. The monoisotopic (exact) mass is 248 g/mol. The van der Waals surface area contributed by atoms with Gasteiger partial charge in [-0.2, -0.15) is 13.2 Å². The molecule has 0 atom stereocenters. The Morgan fingerprint density at radius 2 is 2.24 bits per heavy atom. The average molecular weight is 248 g/mol. The fourth-order valence-electron chi connectivity index (χ4n) is 1.05. The number of anilines is 1. The van der Waals surface area contributed by atoms with Crippen molar-refractivity contribution in [2.45, 2.75) is 13.1 Å². The largest absolute Gasteiger partial charge is 0.416 e. The summed E-state index contributed by atoms with van der Waals surface area (Å²) in [6, 6.07) is 1.60. The molecule has 0 aliphatic heterocycles. The van der Waals surface area contributed by atoms with Crippen LogP contribution in [0.5, 0.6) is 0 Å². The van der Waals surface area contributed by atoms with Crippen LogP contribution in [0.3, 0.4) is 0 Å². The maximum absolute atomic E-state index is 12.3. The van der Waals surface area contributed by atoms with E-state index < -0.39 is 17.6 Å². The number of amides is 1. The zero-order valence-corrected chi connectivity index (χ0v) is 9.04. The summed E-state index contributed by atoms with van der Waals surface area (Å²) < 4.78 is 41.8. The lowest BCUT2D eigenvalue weighted by Crippen LogP contribution is -2.19. The second-order valence-electron chi connectivity index (χ2n) is 3.11. The van der Waals surface area contributed by atoms with Crippen molar-refractivity contribution in [3.8, 4) is 0 Å². The third-order valence-corrected chi connectivity index (χ3v) is 1.79. The summed E-state index contributed by atoms with van der Waals surface area (Å²) in [4.78, 5) is 14.8. The number of nitrogens with zero attached hydrogens (tertiary/aromatic N) is 1. The molecule has 94 valence electrons. The molecule has 1 N–H and O–H groups in total. The molecule has 1 rings (SSSR count). The van der Waals surface area contributed by atoms with Crippen molar-refractivity contribution in [2.75, 3.05) is 18.5 Å². The Labute approximate surface area is 95.8 Å². The van der Waals surface area contributed by atoms with Gasteiger partial charge in [0.15, 0.2) is 0 Å². The smallest absolute Gasteiger partial charge is 0.372 e. The van der Waals surface area contributed by atoms with Crippen LogP contribution in [0, 0.1) is 0 Å². The van der Waals surface area contributed by atoms with Gasteiger partial charge in [0.25, 0.3) is 5.91 Å². The Morgan fingerprint density at radius 1 is 1.53 bits per heavy atom. The quantitative estimate of drug-likeness (QED) is 0.887. The Kier molecular flexibility index (Phi) is 4.45. The van der Waals surface area contributed by atoms with Crippen molar-refractivity contribution < 1.29 is 22.7 Å². The molecule has 1 heterocycles. The maximum atomic E-state index is 12.3. The predicted octanol–water partition coefficient (Wildman–Crippen LogP) is 2.08. The van der Waals surface area contributed by atoms with Crippen LogP contribution in [0.4, 0.5) is 19.0 Å². The van der Waals surface area contributed by atoms with E-state index in [4.69, 9.17) is 4.74 Å². The van der Waals surface area contributed by atoms with Gasteiger partial charge in [0.2, 0.25) is 0 Å². The summed E-state index contributed by atoms with van der Waals surface area (Å²) in [7, 11) is 0. The molecule has 0 aromatic carbocycles. The van der Waals surface area contributed by atoms with Gasteiger partial charge in [-0.25, -0.2) is 4.98 Å². The summed E-state index contributed by atoms with van der Waals surface area (Å²) in [5.74, 6) is -0.691. The molecule has 1 amide bonds. The summed E-state index contributed by atoms with van der Waals surface area (Å²) in [5.41, 5.74) is -0.862. The van der Waals surface area contributed by atoms with Gasteiger partial charge >= 0.3 is 6.18 Å². The lowest BCUT2D eigenvalue weighted by Gasteiger charge is -2.08. The van der Waals surface area contributed by atoms with Crippen LogP contribution in [-0.4, -0.2) is 24.1 Å². The Balaban J connectivity index is 2.69. The average Bonchev–Trinajstić information content (AvgIpc) is 2.25. The molecular weight excluding hydrogens is 237 g/mol. The summed E-state index contributed by atoms with van der Waals surface area (Å²) in [5, 5.41) is 2.21. The van der Waals surface area contributed by atoms with Gasteiger partial charge in [-0.3, -0.25) is 4.79 Å². The zero-order valence-electron chi connectivity index (χ0n) is 9.04. The van der Waals surface area contributed by atoms with Crippen molar-refractivity contribution in [2.24, 2.45) is 0 Å². The number of pyridine rings is 1. The van der Waals surface area contributed by atoms with Crippen LogP contribution >= 0.6 is 0 Å². The first-order valence-corrected chi connectivity index (χ1v) is 4.84. The Hall–Kier alpha value is -1.63. The third kappa shape index (κ3) is 4.39. The molecule has 0 fully saturated rings. The van der Waals surface area contributed by atoms with Crippen LogP contribution in [0.2, 0.25) is 0 Å². The molecule has 0 spiro atoms. The molecule has 0 bridgehead atoms. The summed E-state index contributed by atoms with van der Waals surface area (Å²) in [6.45, 7) is 1.84. The highest BCUT2D eigenvalue weighted by atomic mass is 19.4. The molecule has 0 aliphatic rings. The zero-order chi connectivity index (χ0) is 12.9. The van der Waals surface area contributed by atoms with E-state index in [2.05, 4.69) is 10.3 Å². The third-order valence-electron chi connectivity index (χ3n) is 1.79. The van der Waals surface area contributed by atoms with Crippen molar-refractivity contribution in [1.29, 1.82) is 0 Å². The Bertz CT molecular complexity index is 393. The molecule has 0 saturated carbocycles. The lowest BCUT2D eigenvalue weighted by atomic mass is 10.2. The fourth-order valence-corrected chi connectivity index (χ4v) is 1.05. The van der Waals surface area contributed by atoms with Gasteiger partial charge in [-0.15, -0.1) is 0 Å². The van der Waals surface area contributed by atoms with Crippen molar-refractivity contribution in [3.05, 3.63) is 23.9 Å². The molecule has 1 aromatic heterocycles. The lowest BCUT2D eigenvalue weighted by molar-refractivity contribution is -0.137. The Morgan fingerprint density at radius 3 is 2.82 bits per heavy atom. The number of alkyl halides is 3. The van der Waals surface area contributed by atoms with Gasteiger partial charge < -0.3 is 10.1 Å². The maximum Gasteiger partial charge on any atom is 0.416 e. The first-order chi connectivity index (χ1) is 7.93. The number of nitrogens with one attached hydrogen (secondary N) is 1. The standard InChI is InChI=1S/C10H11F3N2O2/c1-2-17-6-9(16)15-8-5-7(3-4-14-8)10(11,12)13/h3-5H,2,6H2,1H3,(H,14,15,16). The first kappa shape index (κ1) is 13.4. The molecule has 0 radical (unpaired) electrons. The van der Waals surface area contributed by atoms with Gasteiger partial charge in [0.1, 0.15) is 12.4 Å². The molecule has 0 saturated heterocycles. The van der Waals surface area contributed by atoms with E-state index in [-0.39, 0.29) is 12.4 Å². The van der Waals surface area contributed by atoms with E-state index >= 15 is 0 Å². The highest BCUT2D eigenvalue weighted by Crippen LogP contribution is 2.29. The number of rotatable bonds is 4. The number of hydrogen-bond donors (Lipinski definition) is 1. The fraction of sp³-hybridized carbons (Fsp3) is 0.400. The van der Waals surface area contributed by atoms with Crippen LogP contribution in [0.25, 0.3) is 0 Å². The number of hydrogen-bond acceptors (Lipinski definition) is 3. The minimum absolute atomic E-state index is 0.149. The van der Waals surface area contributed by atoms with E-state index in [1.54, 1.807) is 6.92 Å². The van der Waals surface area contributed by atoms with Crippen LogP contribution in [0.1, 0.15) is 12.5 Å². The molecule has 1 aromatic rings. The number of carbonyl (C=O) groups excluding carboxylic acids is 1. The highest BCUT2D eigenvalue weighted by Gasteiger charge is 2.30. The SMILES string of the molecule is CCOCC(=O)Nc1cc(C(F)(F)F)ccn1. The minimum Gasteiger partial charge on any atom is -0.372 e. The predicted molar refractivity (Wildman–Crippen MR) is 54.4 cm³/mol. The number of ether oxygens (including phenoxy) is 1. The number of carbonyl (C=O) groups is 1. The van der Waals surface area contributed by atoms with E-state index in [0.29, 0.717) is 6.61 Å². The second kappa shape index (κ2) is 5.62. The first-order valence-electron chi connectivity index (χ1n) is 4.84. The van der Waals surface area contributed by atoms with Gasteiger partial charge in [-0.05, 0) is 19.1 Å². The molecule has 0 aliphatic carbocycles. The number of halogens is 3. The van der Waals surface area contributed by atoms with E-state index in [0.717, 1.165) is 18.3 Å². The van der Waals surface area contributed by atoms with E-state index in [1.165, 1.54) is 0 Å². The highest BCUT2D eigenvalue weighted by molar-refractivity contribution is 5.90. The van der Waals surface area contributed by atoms with Crippen molar-refractivity contribution >= 4 is 11.7 Å². The van der Waals surface area contributed by atoms with Gasteiger partial charge in [-0.1, -0.05) is 0 Å². The van der Waals surface area contributed by atoms with Crippen LogP contribution in [0.15, 0.2) is 18.3 Å². The second-order valence-corrected chi connectivity index (χ2v) is 3.11. The topological polar surface area (TPSA) is 51.2 Å². The molecule has 0 unspecified atom stereocenters. The normalized spacial score (nSPS) is 11.3. The molecule has 7 heteroatoms. The van der Waals surface area contributed by atoms with E-state index in [1.807, 2.05) is 0 Å². The number of aromatic nitrogens is 1. The van der Waals surface area contributed by atoms with E-state index in [9.17, 15) is 18.0 Å². The van der Waals surface area contributed by atoms with Crippen molar-refractivity contribution in [3.63, 3.8) is 0 Å². The molecule has 17 heavy (non-hydrogen) atoms. The minimum atomic E-state index is -4.46. The van der Waals surface area contributed by atoms with Crippen LogP contribution in [-0.2, 0) is 15.7 Å². The van der Waals surface area contributed by atoms with Crippen molar-refractivity contribution in [1.82, 2.24) is 4.98 Å². The summed E-state index contributed by atoms with van der Waals surface area (Å²) in [6.07, 6.45) is -3.47. The van der Waals surface area contributed by atoms with Crippen LogP contribution < -0.4 is 5.32 Å². The molecular formula is C10H11F3N2O2. The van der Waals surface area contributed by atoms with Gasteiger partial charge in [0, 0.05) is 12.8 Å². The van der Waals surface area contributed by atoms with Gasteiger partial charge in [0.05, 0.1) is 5.56 Å².